The van der Waals surface area contributed by atoms with Gasteiger partial charge in [0.15, 0.2) is 0 Å². The fraction of sp³-hybridized carbons (Fsp3) is 0.231. The van der Waals surface area contributed by atoms with Crippen LogP contribution < -0.4 is 16.2 Å². The third-order valence-electron chi connectivity index (χ3n) is 3.14. The van der Waals surface area contributed by atoms with E-state index in [0.29, 0.717) is 16.7 Å². The van der Waals surface area contributed by atoms with E-state index in [0.717, 1.165) is 6.07 Å². The molecule has 0 radical (unpaired) electrons. The fourth-order valence-electron chi connectivity index (χ4n) is 2.06. The molecular weight excluding hydrogens is 366 g/mol. The van der Waals surface area contributed by atoms with Crippen molar-refractivity contribution in [1.82, 2.24) is 20.0 Å². The Morgan fingerprint density at radius 3 is 2.69 bits per heavy atom. The average molecular weight is 375 g/mol. The molecule has 0 fully saturated rings. The van der Waals surface area contributed by atoms with Crippen LogP contribution in [-0.4, -0.2) is 33.2 Å². The maximum absolute atomic E-state index is 13.5. The molecule has 2 aromatic heterocycles. The molecule has 0 spiro atoms. The van der Waals surface area contributed by atoms with Gasteiger partial charge in [-0.15, -0.1) is 0 Å². The van der Waals surface area contributed by atoms with Crippen molar-refractivity contribution in [3.8, 4) is 23.1 Å². The minimum atomic E-state index is -4.97. The van der Waals surface area contributed by atoms with Gasteiger partial charge in [0.2, 0.25) is 11.5 Å². The Morgan fingerprint density at radius 1 is 1.23 bits per heavy atom. The van der Waals surface area contributed by atoms with Crippen molar-refractivity contribution in [3.63, 3.8) is 0 Å². The highest BCUT2D eigenvalue weighted by Gasteiger charge is 2.35. The lowest BCUT2D eigenvalue weighted by Gasteiger charge is -2.10. The number of hydrogen-bond acceptors (Lipinski definition) is 8. The Labute approximate surface area is 140 Å². The number of nitrogens with zero attached hydrogens (tertiary/aromatic N) is 4. The van der Waals surface area contributed by atoms with E-state index in [1.165, 1.54) is 0 Å². The molecule has 0 aliphatic rings. The van der Waals surface area contributed by atoms with Crippen LogP contribution in [0.5, 0.6) is 5.88 Å². The maximum atomic E-state index is 13.5. The number of rotatable bonds is 5. The van der Waals surface area contributed by atoms with Gasteiger partial charge in [0, 0.05) is 6.54 Å². The van der Waals surface area contributed by atoms with Crippen LogP contribution in [0.4, 0.5) is 17.6 Å². The Bertz CT molecular complexity index is 978. The summed E-state index contributed by atoms with van der Waals surface area (Å²) in [5.41, 5.74) is 3.17. The summed E-state index contributed by atoms with van der Waals surface area (Å²) in [5, 5.41) is 10.4. The number of alkyl halides is 3. The van der Waals surface area contributed by atoms with Gasteiger partial charge in [0.1, 0.15) is 12.4 Å². The lowest BCUT2D eigenvalue weighted by molar-refractivity contribution is -0.140. The summed E-state index contributed by atoms with van der Waals surface area (Å²) in [6.07, 6.45) is -4.97. The van der Waals surface area contributed by atoms with Crippen LogP contribution in [0.1, 0.15) is 5.56 Å². The predicted octanol–water partition coefficient (Wildman–Crippen LogP) is 1.37. The van der Waals surface area contributed by atoms with Crippen LogP contribution in [0, 0.1) is 5.82 Å². The van der Waals surface area contributed by atoms with Gasteiger partial charge in [-0.25, -0.2) is 18.4 Å². The molecule has 2 N–H and O–H groups in total. The van der Waals surface area contributed by atoms with E-state index in [4.69, 9.17) is 10.5 Å². The Balaban J connectivity index is 2.14. The number of aromatic nitrogens is 4. The minimum Gasteiger partial charge on any atom is -0.472 e. The molecule has 0 unspecified atom stereocenters. The van der Waals surface area contributed by atoms with Gasteiger partial charge in [0.05, 0.1) is 11.3 Å². The van der Waals surface area contributed by atoms with Crippen molar-refractivity contribution >= 4 is 0 Å². The van der Waals surface area contributed by atoms with Crippen molar-refractivity contribution in [2.45, 2.75) is 6.18 Å². The van der Waals surface area contributed by atoms with Crippen molar-refractivity contribution in [3.05, 3.63) is 40.1 Å². The third-order valence-corrected chi connectivity index (χ3v) is 3.14. The van der Waals surface area contributed by atoms with Gasteiger partial charge in [0.25, 0.3) is 5.88 Å². The van der Waals surface area contributed by atoms with E-state index >= 15 is 0 Å². The summed E-state index contributed by atoms with van der Waals surface area (Å²) < 4.78 is 67.0. The monoisotopic (exact) mass is 375 g/mol. The number of hydrogen-bond donors (Lipinski definition) is 1. The van der Waals surface area contributed by atoms with Crippen LogP contribution in [0.25, 0.3) is 17.2 Å². The molecule has 3 rings (SSSR count). The topological polar surface area (TPSA) is 122 Å². The standard InChI is InChI=1S/C13H9F4N5O4/c14-8-2-1-6(5-7(8)13(15,16)17)22-10(20-25-12(22)23)9-11(21-26-19-9)24-4-3-18/h1-2,5H,3-4,18H2. The SMILES string of the molecule is NCCOc1nonc1-c1noc(=O)n1-c1ccc(F)c(C(F)(F)F)c1. The second-order valence-electron chi connectivity index (χ2n) is 4.82. The number of nitrogens with two attached hydrogens (primary N) is 1. The highest BCUT2D eigenvalue weighted by molar-refractivity contribution is 5.58. The Kier molecular flexibility index (Phi) is 4.46. The molecule has 0 saturated heterocycles. The molecule has 0 saturated carbocycles. The van der Waals surface area contributed by atoms with E-state index in [1.807, 2.05) is 0 Å². The summed E-state index contributed by atoms with van der Waals surface area (Å²) in [7, 11) is 0. The molecule has 26 heavy (non-hydrogen) atoms. The molecule has 138 valence electrons. The highest BCUT2D eigenvalue weighted by atomic mass is 19.4. The summed E-state index contributed by atoms with van der Waals surface area (Å²) in [5.74, 6) is -3.17. The van der Waals surface area contributed by atoms with Gasteiger partial charge < -0.3 is 10.5 Å². The molecule has 1 aromatic carbocycles. The Hall–Kier alpha value is -3.22. The molecule has 13 heteroatoms. The smallest absolute Gasteiger partial charge is 0.446 e. The molecule has 2 heterocycles. The summed E-state index contributed by atoms with van der Waals surface area (Å²) in [4.78, 5) is 11.9. The quantitative estimate of drug-likeness (QED) is 0.664. The van der Waals surface area contributed by atoms with Crippen molar-refractivity contribution in [2.24, 2.45) is 5.73 Å². The number of halogens is 4. The zero-order chi connectivity index (χ0) is 18.9. The van der Waals surface area contributed by atoms with E-state index in [1.54, 1.807) is 0 Å². The van der Waals surface area contributed by atoms with Gasteiger partial charge >= 0.3 is 11.9 Å². The van der Waals surface area contributed by atoms with Crippen molar-refractivity contribution < 1.29 is 31.5 Å². The number of ether oxygens (including phenoxy) is 1. The van der Waals surface area contributed by atoms with Gasteiger partial charge in [-0.05, 0) is 28.5 Å². The molecule has 3 aromatic rings. The first kappa shape index (κ1) is 17.6. The van der Waals surface area contributed by atoms with Crippen LogP contribution in [-0.2, 0) is 6.18 Å². The molecule has 0 bridgehead atoms. The van der Waals surface area contributed by atoms with Crippen LogP contribution in [0.2, 0.25) is 0 Å². The largest absolute Gasteiger partial charge is 0.472 e. The lowest BCUT2D eigenvalue weighted by atomic mass is 10.1. The third kappa shape index (κ3) is 3.15. The normalized spacial score (nSPS) is 11.7. The zero-order valence-electron chi connectivity index (χ0n) is 12.7. The first-order chi connectivity index (χ1) is 12.3. The minimum absolute atomic E-state index is 0.0259. The molecule has 0 aliphatic carbocycles. The van der Waals surface area contributed by atoms with Gasteiger partial charge in [-0.1, -0.05) is 5.16 Å². The first-order valence-corrected chi connectivity index (χ1v) is 6.94. The molecular formula is C13H9F4N5O4. The second-order valence-corrected chi connectivity index (χ2v) is 4.82. The summed E-state index contributed by atoms with van der Waals surface area (Å²) in [6.45, 7) is 0.156. The number of benzene rings is 1. The van der Waals surface area contributed by atoms with Gasteiger partial charge in [-0.3, -0.25) is 4.52 Å². The van der Waals surface area contributed by atoms with E-state index in [-0.39, 0.29) is 36.2 Å². The van der Waals surface area contributed by atoms with E-state index in [9.17, 15) is 22.4 Å². The van der Waals surface area contributed by atoms with E-state index in [2.05, 4.69) is 24.6 Å². The Morgan fingerprint density at radius 2 is 2.00 bits per heavy atom. The van der Waals surface area contributed by atoms with Gasteiger partial charge in [-0.2, -0.15) is 13.2 Å². The van der Waals surface area contributed by atoms with Crippen LogP contribution in [0.15, 0.2) is 32.1 Å². The van der Waals surface area contributed by atoms with E-state index < -0.39 is 23.3 Å². The highest BCUT2D eigenvalue weighted by Crippen LogP contribution is 2.33. The molecule has 0 aliphatic heterocycles. The summed E-state index contributed by atoms with van der Waals surface area (Å²) in [6, 6.07) is 1.94. The average Bonchev–Trinajstić information content (AvgIpc) is 3.18. The maximum Gasteiger partial charge on any atom is 0.446 e. The lowest BCUT2D eigenvalue weighted by Crippen LogP contribution is -2.16. The zero-order valence-corrected chi connectivity index (χ0v) is 12.7. The second kappa shape index (κ2) is 6.59. The molecule has 9 nitrogen and oxygen atoms in total. The van der Waals surface area contributed by atoms with Crippen LogP contribution >= 0.6 is 0 Å². The van der Waals surface area contributed by atoms with Crippen molar-refractivity contribution in [2.75, 3.05) is 13.2 Å². The molecule has 0 amide bonds. The van der Waals surface area contributed by atoms with Crippen molar-refractivity contribution in [1.29, 1.82) is 0 Å². The predicted molar refractivity (Wildman–Crippen MR) is 74.9 cm³/mol. The molecule has 0 atom stereocenters. The van der Waals surface area contributed by atoms with Crippen LogP contribution in [0.3, 0.4) is 0 Å². The fourth-order valence-corrected chi connectivity index (χ4v) is 2.06. The summed E-state index contributed by atoms with van der Waals surface area (Å²) >= 11 is 0. The first-order valence-electron chi connectivity index (χ1n) is 6.94.